The van der Waals surface area contributed by atoms with Crippen molar-refractivity contribution in [2.75, 3.05) is 20.1 Å². The molecule has 0 unspecified atom stereocenters. The van der Waals surface area contributed by atoms with Gasteiger partial charge in [-0.1, -0.05) is 13.8 Å². The molecule has 2 aliphatic carbocycles. The van der Waals surface area contributed by atoms with Gasteiger partial charge in [0, 0.05) is 62.9 Å². The Morgan fingerprint density at radius 1 is 1.36 bits per heavy atom. The maximum Gasteiger partial charge on any atom is 0.308 e. The molecule has 5 atom stereocenters. The number of phenols is 1. The molecule has 1 aromatic carbocycles. The summed E-state index contributed by atoms with van der Waals surface area (Å²) in [5.74, 6) is 1.16. The molecule has 39 heavy (non-hydrogen) atoms. The Bertz CT molecular complexity index is 1360. The minimum atomic E-state index is -0.404. The molecule has 3 heterocycles. The summed E-state index contributed by atoms with van der Waals surface area (Å²) in [6, 6.07) is 3.70. The summed E-state index contributed by atoms with van der Waals surface area (Å²) in [5.41, 5.74) is 1.65. The van der Waals surface area contributed by atoms with Crippen LogP contribution in [0.5, 0.6) is 17.2 Å². The van der Waals surface area contributed by atoms with Crippen LogP contribution in [0.4, 0.5) is 0 Å². The van der Waals surface area contributed by atoms with Gasteiger partial charge in [-0.2, -0.15) is 0 Å². The fourth-order valence-electron chi connectivity index (χ4n) is 7.77. The summed E-state index contributed by atoms with van der Waals surface area (Å²) in [6.45, 7) is 7.20. The number of aromatic hydroxyl groups is 1. The molecule has 1 amide bonds. The number of benzene rings is 1. The summed E-state index contributed by atoms with van der Waals surface area (Å²) >= 11 is 5.08. The molecule has 7 nitrogen and oxygen atoms in total. The van der Waals surface area contributed by atoms with Gasteiger partial charge in [0.25, 0.3) is 0 Å². The van der Waals surface area contributed by atoms with Crippen molar-refractivity contribution in [3.05, 3.63) is 44.1 Å². The van der Waals surface area contributed by atoms with E-state index in [0.717, 1.165) is 52.7 Å². The van der Waals surface area contributed by atoms with Crippen LogP contribution in [0, 0.1) is 11.8 Å². The summed E-state index contributed by atoms with van der Waals surface area (Å²) in [5, 5.41) is 13.1. The number of phenolic OH excluding ortho intramolecular Hbond substituents is 1. The number of likely N-dealkylation sites (N-methyl/N-ethyl adjacent to an activating group) is 1. The number of halogens is 1. The maximum atomic E-state index is 13.8. The number of ether oxygens (including phenoxy) is 2. The second kappa shape index (κ2) is 9.93. The van der Waals surface area contributed by atoms with Crippen molar-refractivity contribution >= 4 is 45.2 Å². The number of amides is 1. The number of nitrogens with zero attached hydrogens (tertiary/aromatic N) is 2. The van der Waals surface area contributed by atoms with Gasteiger partial charge in [0.05, 0.1) is 6.04 Å². The van der Waals surface area contributed by atoms with E-state index in [1.54, 1.807) is 17.4 Å². The predicted molar refractivity (Wildman–Crippen MR) is 154 cm³/mol. The SMILES string of the molecule is CC(=O)Oc1cc(O)c2c3c1C[C@@H]1[C@@H]4CC[C@H](N(CC(C)C)C(=O)/C=C/c5cc(Br)cs5)[C@H](O2)[C@]34CCN1C. The van der Waals surface area contributed by atoms with Gasteiger partial charge in [0.2, 0.25) is 5.91 Å². The minimum absolute atomic E-state index is 0.00792. The molecule has 2 bridgehead atoms. The molecule has 2 fully saturated rings. The highest BCUT2D eigenvalue weighted by Crippen LogP contribution is 2.65. The van der Waals surface area contributed by atoms with E-state index in [2.05, 4.69) is 41.7 Å². The van der Waals surface area contributed by atoms with Crippen LogP contribution in [0.25, 0.3) is 6.08 Å². The molecule has 208 valence electrons. The van der Waals surface area contributed by atoms with E-state index in [1.165, 1.54) is 13.0 Å². The Kier molecular flexibility index (Phi) is 6.83. The van der Waals surface area contributed by atoms with E-state index in [1.807, 2.05) is 22.4 Å². The van der Waals surface area contributed by atoms with Gasteiger partial charge in [-0.15, -0.1) is 11.3 Å². The van der Waals surface area contributed by atoms with Gasteiger partial charge in [-0.3, -0.25) is 9.59 Å². The van der Waals surface area contributed by atoms with E-state index in [0.29, 0.717) is 24.0 Å². The van der Waals surface area contributed by atoms with E-state index in [9.17, 15) is 14.7 Å². The smallest absolute Gasteiger partial charge is 0.308 e. The van der Waals surface area contributed by atoms with Gasteiger partial charge >= 0.3 is 5.97 Å². The first-order valence-corrected chi connectivity index (χ1v) is 15.4. The number of hydrogen-bond donors (Lipinski definition) is 1. The number of rotatable bonds is 6. The third kappa shape index (κ3) is 4.32. The third-order valence-electron chi connectivity index (χ3n) is 9.13. The molecule has 4 aliphatic rings. The van der Waals surface area contributed by atoms with Gasteiger partial charge < -0.3 is 24.4 Å². The standard InChI is InChI=1S/C30H35BrN2O5S/c1-16(2)14-33(26(36)8-5-19-11-18(31)15-39-19)22-7-6-21-23-12-20-25(37-17(3)34)13-24(35)28-27(20)30(21,29(22)38-28)9-10-32(23)4/h5,8,11,13,15-16,21-23,29,35H,6-7,9-10,12,14H2,1-4H3/b8-5+/t21-,22-,23+,29-,30-/m0/s1. The lowest BCUT2D eigenvalue weighted by atomic mass is 9.51. The topological polar surface area (TPSA) is 79.3 Å². The van der Waals surface area contributed by atoms with Crippen LogP contribution in [0.2, 0.25) is 0 Å². The second-order valence-electron chi connectivity index (χ2n) is 11.9. The fraction of sp³-hybridized carbons (Fsp3) is 0.533. The van der Waals surface area contributed by atoms with E-state index >= 15 is 0 Å². The number of piperidine rings is 1. The van der Waals surface area contributed by atoms with Gasteiger partial charge in [0.1, 0.15) is 11.9 Å². The highest BCUT2D eigenvalue weighted by molar-refractivity contribution is 9.10. The van der Waals surface area contributed by atoms with Crippen LogP contribution in [0.15, 0.2) is 28.1 Å². The first kappa shape index (κ1) is 26.8. The van der Waals surface area contributed by atoms with Crippen molar-refractivity contribution in [2.24, 2.45) is 11.8 Å². The Labute approximate surface area is 241 Å². The number of carbonyl (C=O) groups excluding carboxylic acids is 2. The Morgan fingerprint density at radius 2 is 2.15 bits per heavy atom. The first-order valence-electron chi connectivity index (χ1n) is 13.8. The molecule has 1 N–H and O–H groups in total. The van der Waals surface area contributed by atoms with E-state index in [-0.39, 0.29) is 41.2 Å². The molecular weight excluding hydrogens is 580 g/mol. The Hall–Kier alpha value is -2.36. The van der Waals surface area contributed by atoms with Crippen LogP contribution < -0.4 is 9.47 Å². The normalized spacial score (nSPS) is 28.9. The zero-order valence-corrected chi connectivity index (χ0v) is 25.2. The summed E-state index contributed by atoms with van der Waals surface area (Å²) in [7, 11) is 2.18. The molecule has 0 radical (unpaired) electrons. The lowest BCUT2D eigenvalue weighted by Crippen LogP contribution is -2.68. The number of thiophene rings is 1. The van der Waals surface area contributed by atoms with Crippen molar-refractivity contribution in [1.82, 2.24) is 9.80 Å². The molecule has 1 spiro atoms. The van der Waals surface area contributed by atoms with Crippen molar-refractivity contribution in [3.8, 4) is 17.2 Å². The average molecular weight is 616 g/mol. The van der Waals surface area contributed by atoms with Crippen molar-refractivity contribution < 1.29 is 24.2 Å². The Balaban J connectivity index is 1.43. The monoisotopic (exact) mass is 614 g/mol. The van der Waals surface area contributed by atoms with Gasteiger partial charge in [-0.05, 0) is 79.2 Å². The summed E-state index contributed by atoms with van der Waals surface area (Å²) < 4.78 is 13.4. The first-order chi connectivity index (χ1) is 18.6. The largest absolute Gasteiger partial charge is 0.504 e. The summed E-state index contributed by atoms with van der Waals surface area (Å²) in [4.78, 5) is 31.2. The minimum Gasteiger partial charge on any atom is -0.504 e. The lowest BCUT2D eigenvalue weighted by Gasteiger charge is -2.60. The predicted octanol–water partition coefficient (Wildman–Crippen LogP) is 5.38. The van der Waals surface area contributed by atoms with Crippen LogP contribution in [0.1, 0.15) is 56.0 Å². The molecular formula is C30H35BrN2O5S. The summed E-state index contributed by atoms with van der Waals surface area (Å²) in [6.07, 6.45) is 6.75. The maximum absolute atomic E-state index is 13.8. The molecule has 2 aromatic rings. The number of esters is 1. The molecule has 1 aromatic heterocycles. The zero-order valence-electron chi connectivity index (χ0n) is 22.8. The molecule has 9 heteroatoms. The van der Waals surface area contributed by atoms with Crippen LogP contribution >= 0.6 is 27.3 Å². The van der Waals surface area contributed by atoms with Crippen molar-refractivity contribution in [1.29, 1.82) is 0 Å². The zero-order chi connectivity index (χ0) is 27.6. The lowest BCUT2D eigenvalue weighted by molar-refractivity contribution is -0.138. The number of carbonyl (C=O) groups is 2. The van der Waals surface area contributed by atoms with Crippen LogP contribution in [0.3, 0.4) is 0 Å². The van der Waals surface area contributed by atoms with Gasteiger partial charge in [0.15, 0.2) is 11.5 Å². The number of hydrogen-bond acceptors (Lipinski definition) is 7. The highest BCUT2D eigenvalue weighted by atomic mass is 79.9. The molecule has 1 saturated carbocycles. The van der Waals surface area contributed by atoms with Crippen molar-refractivity contribution in [3.63, 3.8) is 0 Å². The van der Waals surface area contributed by atoms with E-state index in [4.69, 9.17) is 9.47 Å². The molecule has 1 saturated heterocycles. The second-order valence-corrected chi connectivity index (χ2v) is 13.7. The van der Waals surface area contributed by atoms with Crippen LogP contribution in [-0.2, 0) is 21.4 Å². The number of likely N-dealkylation sites (tertiary alicyclic amines) is 1. The van der Waals surface area contributed by atoms with E-state index < -0.39 is 5.97 Å². The Morgan fingerprint density at radius 3 is 2.85 bits per heavy atom. The molecule has 2 aliphatic heterocycles. The van der Waals surface area contributed by atoms with Gasteiger partial charge in [-0.25, -0.2) is 0 Å². The average Bonchev–Trinajstić information content (AvgIpc) is 3.45. The van der Waals surface area contributed by atoms with Crippen molar-refractivity contribution in [2.45, 2.75) is 70.1 Å². The third-order valence-corrected chi connectivity index (χ3v) is 10.8. The quantitative estimate of drug-likeness (QED) is 0.267. The molecule has 6 rings (SSSR count). The van der Waals surface area contributed by atoms with Crippen LogP contribution in [-0.4, -0.2) is 65.1 Å². The highest BCUT2D eigenvalue weighted by Gasteiger charge is 2.66. The fourth-order valence-corrected chi connectivity index (χ4v) is 9.11.